The van der Waals surface area contributed by atoms with Crippen LogP contribution >= 0.6 is 0 Å². The molecule has 0 spiro atoms. The Morgan fingerprint density at radius 3 is 2.49 bits per heavy atom. The predicted octanol–water partition coefficient (Wildman–Crippen LogP) is 3.82. The fraction of sp³-hybridized carbons (Fsp3) is 0.321. The first-order valence-corrected chi connectivity index (χ1v) is 12.5. The van der Waals surface area contributed by atoms with E-state index in [0.717, 1.165) is 42.1 Å². The lowest BCUT2D eigenvalue weighted by Gasteiger charge is -2.21. The van der Waals surface area contributed by atoms with Crippen LogP contribution in [0.25, 0.3) is 16.9 Å². The second-order valence-corrected chi connectivity index (χ2v) is 9.45. The number of aromatic nitrogens is 4. The Bertz CT molecular complexity index is 1330. The molecule has 1 saturated heterocycles. The third-order valence-corrected chi connectivity index (χ3v) is 6.88. The highest BCUT2D eigenvalue weighted by molar-refractivity contribution is 5.91. The summed E-state index contributed by atoms with van der Waals surface area (Å²) in [6.45, 7) is 5.08. The number of para-hydroxylation sites is 1. The number of amides is 2. The summed E-state index contributed by atoms with van der Waals surface area (Å²) in [6.07, 6.45) is 3.71. The number of rotatable bonds is 8. The summed E-state index contributed by atoms with van der Waals surface area (Å²) in [6, 6.07) is 19.9. The molecule has 5 rings (SSSR count). The Morgan fingerprint density at radius 1 is 1.08 bits per heavy atom. The van der Waals surface area contributed by atoms with Crippen LogP contribution in [0, 0.1) is 6.92 Å². The predicted molar refractivity (Wildman–Crippen MR) is 144 cm³/mol. The van der Waals surface area contributed by atoms with E-state index in [1.807, 2.05) is 68.7 Å². The molecule has 0 bridgehead atoms. The standard InChI is InChI=1S/C28H33N7O2/c1-20-26(22-16-29-33(2)17-22)32-35(23-12-8-5-9-13-23)27(20)31-28(36)30-25-19-34(14-15-37-3)18-24(25)21-10-6-4-7-11-21/h4-13,16-17,24-25H,14-15,18-19H2,1-3H3,(H2,30,31,36). The van der Waals surface area contributed by atoms with Crippen molar-refractivity contribution in [2.24, 2.45) is 7.05 Å². The van der Waals surface area contributed by atoms with Crippen LogP contribution in [-0.2, 0) is 11.8 Å². The number of benzene rings is 2. The number of aryl methyl sites for hydroxylation is 1. The summed E-state index contributed by atoms with van der Waals surface area (Å²) in [5.74, 6) is 0.822. The first-order valence-electron chi connectivity index (χ1n) is 12.5. The Hall–Kier alpha value is -3.95. The van der Waals surface area contributed by atoms with E-state index in [0.29, 0.717) is 12.4 Å². The van der Waals surface area contributed by atoms with Gasteiger partial charge >= 0.3 is 6.03 Å². The van der Waals surface area contributed by atoms with Crippen molar-refractivity contribution >= 4 is 11.8 Å². The van der Waals surface area contributed by atoms with Gasteiger partial charge in [-0.05, 0) is 24.6 Å². The molecule has 2 unspecified atom stereocenters. The smallest absolute Gasteiger partial charge is 0.320 e. The van der Waals surface area contributed by atoms with Gasteiger partial charge in [-0.15, -0.1) is 0 Å². The number of hydrogen-bond acceptors (Lipinski definition) is 5. The molecule has 2 aromatic carbocycles. The van der Waals surface area contributed by atoms with Crippen LogP contribution in [0.4, 0.5) is 10.6 Å². The maximum Gasteiger partial charge on any atom is 0.320 e. The van der Waals surface area contributed by atoms with Gasteiger partial charge in [0.05, 0.1) is 24.5 Å². The lowest BCUT2D eigenvalue weighted by Crippen LogP contribution is -2.42. The summed E-state index contributed by atoms with van der Waals surface area (Å²) < 4.78 is 8.82. The Kier molecular flexibility index (Phi) is 7.34. The van der Waals surface area contributed by atoms with Crippen molar-refractivity contribution in [1.82, 2.24) is 29.8 Å². The van der Waals surface area contributed by atoms with Crippen LogP contribution in [-0.4, -0.2) is 69.9 Å². The van der Waals surface area contributed by atoms with Crippen molar-refractivity contribution in [3.63, 3.8) is 0 Å². The normalized spacial score (nSPS) is 17.7. The number of nitrogens with zero attached hydrogens (tertiary/aromatic N) is 5. The number of methoxy groups -OCH3 is 1. The van der Waals surface area contributed by atoms with Crippen molar-refractivity contribution in [2.45, 2.75) is 18.9 Å². The summed E-state index contributed by atoms with van der Waals surface area (Å²) >= 11 is 0. The van der Waals surface area contributed by atoms with Gasteiger partial charge in [-0.3, -0.25) is 14.9 Å². The number of anilines is 1. The van der Waals surface area contributed by atoms with Crippen LogP contribution in [0.15, 0.2) is 73.1 Å². The Balaban J connectivity index is 1.41. The van der Waals surface area contributed by atoms with Gasteiger partial charge in [-0.25, -0.2) is 9.48 Å². The van der Waals surface area contributed by atoms with Crippen LogP contribution in [0.2, 0.25) is 0 Å². The van der Waals surface area contributed by atoms with Crippen LogP contribution in [0.3, 0.4) is 0 Å². The molecule has 2 N–H and O–H groups in total. The average molecular weight is 500 g/mol. The van der Waals surface area contributed by atoms with E-state index in [4.69, 9.17) is 9.84 Å². The maximum absolute atomic E-state index is 13.4. The summed E-state index contributed by atoms with van der Waals surface area (Å²) in [7, 11) is 3.59. The van der Waals surface area contributed by atoms with Crippen molar-refractivity contribution < 1.29 is 9.53 Å². The van der Waals surface area contributed by atoms with Crippen molar-refractivity contribution in [3.8, 4) is 16.9 Å². The lowest BCUT2D eigenvalue weighted by atomic mass is 9.94. The molecule has 1 fully saturated rings. The van der Waals surface area contributed by atoms with Gasteiger partial charge in [0.25, 0.3) is 0 Å². The average Bonchev–Trinajstić information content (AvgIpc) is 3.61. The molecule has 37 heavy (non-hydrogen) atoms. The highest BCUT2D eigenvalue weighted by Gasteiger charge is 2.35. The highest BCUT2D eigenvalue weighted by Crippen LogP contribution is 2.31. The number of likely N-dealkylation sites (tertiary alicyclic amines) is 1. The molecule has 4 aromatic rings. The van der Waals surface area contributed by atoms with Crippen LogP contribution in [0.1, 0.15) is 17.0 Å². The fourth-order valence-electron chi connectivity index (χ4n) is 5.00. The zero-order valence-electron chi connectivity index (χ0n) is 21.5. The monoisotopic (exact) mass is 499 g/mol. The molecule has 9 heteroatoms. The fourth-order valence-corrected chi connectivity index (χ4v) is 5.00. The van der Waals surface area contributed by atoms with Gasteiger partial charge in [0.1, 0.15) is 11.5 Å². The van der Waals surface area contributed by atoms with Gasteiger partial charge in [-0.2, -0.15) is 10.2 Å². The second-order valence-electron chi connectivity index (χ2n) is 9.45. The van der Waals surface area contributed by atoms with Gasteiger partial charge in [0, 0.05) is 57.0 Å². The molecule has 3 heterocycles. The summed E-state index contributed by atoms with van der Waals surface area (Å²) in [5, 5.41) is 15.5. The number of carbonyl (C=O) groups excluding carboxylic acids is 1. The minimum Gasteiger partial charge on any atom is -0.383 e. The quantitative estimate of drug-likeness (QED) is 0.385. The van der Waals surface area contributed by atoms with E-state index in [2.05, 4.69) is 32.8 Å². The zero-order chi connectivity index (χ0) is 25.8. The first-order chi connectivity index (χ1) is 18.0. The number of nitrogens with one attached hydrogen (secondary N) is 2. The molecule has 0 saturated carbocycles. The second kappa shape index (κ2) is 11.0. The van der Waals surface area contributed by atoms with Gasteiger partial charge in [0.15, 0.2) is 0 Å². The molecular weight excluding hydrogens is 466 g/mol. The van der Waals surface area contributed by atoms with Crippen molar-refractivity contribution in [3.05, 3.63) is 84.2 Å². The van der Waals surface area contributed by atoms with E-state index in [1.165, 1.54) is 5.56 Å². The molecule has 2 aromatic heterocycles. The highest BCUT2D eigenvalue weighted by atomic mass is 16.5. The lowest BCUT2D eigenvalue weighted by molar-refractivity contribution is 0.159. The molecule has 2 amide bonds. The summed E-state index contributed by atoms with van der Waals surface area (Å²) in [4.78, 5) is 15.8. The van der Waals surface area contributed by atoms with E-state index >= 15 is 0 Å². The first kappa shape index (κ1) is 24.7. The molecule has 192 valence electrons. The number of hydrogen-bond donors (Lipinski definition) is 2. The topological polar surface area (TPSA) is 89.2 Å². The molecule has 0 aliphatic carbocycles. The Morgan fingerprint density at radius 2 is 1.81 bits per heavy atom. The molecule has 1 aliphatic rings. The minimum absolute atomic E-state index is 0.0366. The molecule has 9 nitrogen and oxygen atoms in total. The molecular formula is C28H33N7O2. The van der Waals surface area contributed by atoms with Crippen molar-refractivity contribution in [2.75, 3.05) is 38.7 Å². The zero-order valence-corrected chi connectivity index (χ0v) is 21.5. The molecule has 0 radical (unpaired) electrons. The minimum atomic E-state index is -0.252. The Labute approximate surface area is 217 Å². The molecule has 2 atom stereocenters. The van der Waals surface area contributed by atoms with Gasteiger partial charge < -0.3 is 10.1 Å². The summed E-state index contributed by atoms with van der Waals surface area (Å²) in [5.41, 5.74) is 4.63. The van der Waals surface area contributed by atoms with Gasteiger partial charge in [-0.1, -0.05) is 48.5 Å². The SMILES string of the molecule is COCCN1CC(NC(=O)Nc2c(C)c(-c3cnn(C)c3)nn2-c2ccccc2)C(c2ccccc2)C1. The number of urea groups is 1. The van der Waals surface area contributed by atoms with Crippen LogP contribution in [0.5, 0.6) is 0 Å². The van der Waals surface area contributed by atoms with E-state index in [1.54, 1.807) is 22.7 Å². The maximum atomic E-state index is 13.4. The van der Waals surface area contributed by atoms with Crippen LogP contribution < -0.4 is 10.6 Å². The largest absolute Gasteiger partial charge is 0.383 e. The van der Waals surface area contributed by atoms with E-state index in [9.17, 15) is 4.79 Å². The number of ether oxygens (including phenoxy) is 1. The van der Waals surface area contributed by atoms with E-state index < -0.39 is 0 Å². The van der Waals surface area contributed by atoms with Crippen molar-refractivity contribution in [1.29, 1.82) is 0 Å². The third-order valence-electron chi connectivity index (χ3n) is 6.88. The van der Waals surface area contributed by atoms with E-state index in [-0.39, 0.29) is 18.0 Å². The molecule has 1 aliphatic heterocycles. The van der Waals surface area contributed by atoms with Gasteiger partial charge in [0.2, 0.25) is 0 Å². The number of carbonyl (C=O) groups is 1. The third kappa shape index (κ3) is 5.42.